The van der Waals surface area contributed by atoms with Gasteiger partial charge in [0.25, 0.3) is 0 Å². The smallest absolute Gasteiger partial charge is 0.311 e. The highest BCUT2D eigenvalue weighted by Crippen LogP contribution is 2.38. The van der Waals surface area contributed by atoms with Crippen LogP contribution < -0.4 is 10.6 Å². The molecule has 1 heterocycles. The Balaban J connectivity index is 1.67. The maximum atomic E-state index is 12.4. The van der Waals surface area contributed by atoms with Crippen LogP contribution in [0.4, 0.5) is 5.69 Å². The largest absolute Gasteiger partial charge is 0.481 e. The van der Waals surface area contributed by atoms with E-state index in [1.807, 2.05) is 24.3 Å². The fourth-order valence-electron chi connectivity index (χ4n) is 3.38. The van der Waals surface area contributed by atoms with Gasteiger partial charge in [-0.15, -0.1) is 0 Å². The molecule has 2 aliphatic rings. The van der Waals surface area contributed by atoms with Crippen LogP contribution in [0.1, 0.15) is 31.7 Å². The normalized spacial score (nSPS) is 30.5. The van der Waals surface area contributed by atoms with E-state index in [2.05, 4.69) is 10.6 Å². The number of carboxylic acids is 1. The highest BCUT2D eigenvalue weighted by molar-refractivity contribution is 5.88. The summed E-state index contributed by atoms with van der Waals surface area (Å²) in [6.07, 6.45) is 2.84. The zero-order valence-corrected chi connectivity index (χ0v) is 12.1. The molecular weight excluding hydrogens is 268 g/mol. The first-order valence-electron chi connectivity index (χ1n) is 7.39. The molecule has 5 nitrogen and oxygen atoms in total. The van der Waals surface area contributed by atoms with E-state index < -0.39 is 11.4 Å². The van der Waals surface area contributed by atoms with Gasteiger partial charge in [0, 0.05) is 18.2 Å². The molecule has 0 radical (unpaired) electrons. The Hall–Kier alpha value is -2.04. The van der Waals surface area contributed by atoms with E-state index in [1.54, 1.807) is 6.92 Å². The Labute approximate surface area is 123 Å². The number of carbonyl (C=O) groups is 2. The molecule has 3 atom stereocenters. The Morgan fingerprint density at radius 3 is 2.86 bits per heavy atom. The van der Waals surface area contributed by atoms with Gasteiger partial charge in [0.1, 0.15) is 6.04 Å². The van der Waals surface area contributed by atoms with E-state index >= 15 is 0 Å². The predicted molar refractivity (Wildman–Crippen MR) is 79.1 cm³/mol. The number of aliphatic carboxylic acids is 1. The van der Waals surface area contributed by atoms with Crippen LogP contribution in [0.25, 0.3) is 0 Å². The fourth-order valence-corrected chi connectivity index (χ4v) is 3.38. The topological polar surface area (TPSA) is 78.4 Å². The molecule has 21 heavy (non-hydrogen) atoms. The lowest BCUT2D eigenvalue weighted by Gasteiger charge is -2.28. The van der Waals surface area contributed by atoms with Gasteiger partial charge in [-0.05, 0) is 31.4 Å². The van der Waals surface area contributed by atoms with Crippen molar-refractivity contribution in [2.45, 2.75) is 44.7 Å². The number of amides is 1. The van der Waals surface area contributed by atoms with Crippen molar-refractivity contribution in [2.75, 3.05) is 5.32 Å². The molecule has 1 aromatic carbocycles. The van der Waals surface area contributed by atoms with Crippen molar-refractivity contribution in [3.8, 4) is 0 Å². The summed E-state index contributed by atoms with van der Waals surface area (Å²) in [7, 11) is 0. The first-order chi connectivity index (χ1) is 10.0. The highest BCUT2D eigenvalue weighted by atomic mass is 16.4. The molecular formula is C16H20N2O3. The molecule has 3 unspecified atom stereocenters. The quantitative estimate of drug-likeness (QED) is 0.792. The third-order valence-electron chi connectivity index (χ3n) is 4.85. The van der Waals surface area contributed by atoms with Crippen LogP contribution in [-0.4, -0.2) is 29.1 Å². The standard InChI is InChI=1S/C16H20N2O3/c1-16(15(20)21)8-4-7-13(16)18-14(19)12-9-10-5-2-3-6-11(10)17-12/h2-3,5-6,12-13,17H,4,7-9H2,1H3,(H,18,19)(H,20,21). The van der Waals surface area contributed by atoms with Crippen molar-refractivity contribution < 1.29 is 14.7 Å². The number of nitrogens with one attached hydrogen (secondary N) is 2. The van der Waals surface area contributed by atoms with E-state index in [9.17, 15) is 14.7 Å². The first kappa shape index (κ1) is 13.9. The lowest BCUT2D eigenvalue weighted by Crippen LogP contribution is -2.51. The zero-order chi connectivity index (χ0) is 15.0. The fraction of sp³-hybridized carbons (Fsp3) is 0.500. The molecule has 1 amide bonds. The van der Waals surface area contributed by atoms with Crippen LogP contribution in [0.3, 0.4) is 0 Å². The van der Waals surface area contributed by atoms with Gasteiger partial charge in [0.2, 0.25) is 5.91 Å². The number of anilines is 1. The van der Waals surface area contributed by atoms with Gasteiger partial charge >= 0.3 is 5.97 Å². The number of hydrogen-bond donors (Lipinski definition) is 3. The van der Waals surface area contributed by atoms with Crippen LogP contribution in [0.5, 0.6) is 0 Å². The minimum absolute atomic E-state index is 0.106. The van der Waals surface area contributed by atoms with Gasteiger partial charge in [-0.3, -0.25) is 9.59 Å². The SMILES string of the molecule is CC1(C(=O)O)CCCC1NC(=O)C1Cc2ccccc2N1. The van der Waals surface area contributed by atoms with Crippen LogP contribution in [0, 0.1) is 5.41 Å². The van der Waals surface area contributed by atoms with Crippen LogP contribution in [0.15, 0.2) is 24.3 Å². The van der Waals surface area contributed by atoms with Crippen molar-refractivity contribution in [2.24, 2.45) is 5.41 Å². The number of rotatable bonds is 3. The predicted octanol–water partition coefficient (Wildman–Crippen LogP) is 1.78. The monoisotopic (exact) mass is 288 g/mol. The number of fused-ring (bicyclic) bond motifs is 1. The van der Waals surface area contributed by atoms with Crippen molar-refractivity contribution in [3.63, 3.8) is 0 Å². The van der Waals surface area contributed by atoms with Crippen LogP contribution in [0.2, 0.25) is 0 Å². The van der Waals surface area contributed by atoms with E-state index in [-0.39, 0.29) is 18.0 Å². The van der Waals surface area contributed by atoms with Crippen LogP contribution in [-0.2, 0) is 16.0 Å². The third-order valence-corrected chi connectivity index (χ3v) is 4.85. The van der Waals surface area contributed by atoms with E-state index in [1.165, 1.54) is 0 Å². The minimum atomic E-state index is -0.846. The summed E-state index contributed by atoms with van der Waals surface area (Å²) in [6.45, 7) is 1.73. The lowest BCUT2D eigenvalue weighted by atomic mass is 9.85. The summed E-state index contributed by atoms with van der Waals surface area (Å²) in [6, 6.07) is 7.27. The van der Waals surface area contributed by atoms with Gasteiger partial charge < -0.3 is 15.7 Å². The highest BCUT2D eigenvalue weighted by Gasteiger charge is 2.46. The Bertz CT molecular complexity index is 562. The second-order valence-electron chi connectivity index (χ2n) is 6.23. The zero-order valence-electron chi connectivity index (χ0n) is 12.1. The van der Waals surface area contributed by atoms with Crippen LogP contribution >= 0.6 is 0 Å². The average Bonchev–Trinajstić information content (AvgIpc) is 3.04. The van der Waals surface area contributed by atoms with Crippen molar-refractivity contribution in [1.29, 1.82) is 0 Å². The number of para-hydroxylation sites is 1. The number of hydrogen-bond acceptors (Lipinski definition) is 3. The molecule has 1 aromatic rings. The molecule has 1 aliphatic heterocycles. The molecule has 1 aliphatic carbocycles. The number of benzene rings is 1. The Kier molecular flexibility index (Phi) is 3.35. The molecule has 5 heteroatoms. The number of carboxylic acid groups (broad SMARTS) is 1. The molecule has 0 aromatic heterocycles. The summed E-state index contributed by atoms with van der Waals surface area (Å²) in [5, 5.41) is 15.5. The summed E-state index contributed by atoms with van der Waals surface area (Å²) >= 11 is 0. The second-order valence-corrected chi connectivity index (χ2v) is 6.23. The Morgan fingerprint density at radius 1 is 1.38 bits per heavy atom. The van der Waals surface area contributed by atoms with Crippen molar-refractivity contribution in [3.05, 3.63) is 29.8 Å². The van der Waals surface area contributed by atoms with E-state index in [0.29, 0.717) is 12.8 Å². The van der Waals surface area contributed by atoms with E-state index in [0.717, 1.165) is 24.1 Å². The Morgan fingerprint density at radius 2 is 2.14 bits per heavy atom. The van der Waals surface area contributed by atoms with Crippen molar-refractivity contribution in [1.82, 2.24) is 5.32 Å². The minimum Gasteiger partial charge on any atom is -0.481 e. The molecule has 112 valence electrons. The van der Waals surface area contributed by atoms with Gasteiger partial charge in [-0.1, -0.05) is 24.6 Å². The summed E-state index contributed by atoms with van der Waals surface area (Å²) < 4.78 is 0. The molecule has 1 fully saturated rings. The van der Waals surface area contributed by atoms with Gasteiger partial charge in [-0.25, -0.2) is 0 Å². The van der Waals surface area contributed by atoms with Gasteiger partial charge in [0.15, 0.2) is 0 Å². The maximum absolute atomic E-state index is 12.4. The molecule has 3 rings (SSSR count). The molecule has 3 N–H and O–H groups in total. The molecule has 0 spiro atoms. The lowest BCUT2D eigenvalue weighted by molar-refractivity contribution is -0.149. The third kappa shape index (κ3) is 2.37. The summed E-state index contributed by atoms with van der Waals surface area (Å²) in [5.41, 5.74) is 1.27. The first-order valence-corrected chi connectivity index (χ1v) is 7.39. The average molecular weight is 288 g/mol. The van der Waals surface area contributed by atoms with Gasteiger partial charge in [-0.2, -0.15) is 0 Å². The second kappa shape index (κ2) is 5.06. The molecule has 1 saturated carbocycles. The maximum Gasteiger partial charge on any atom is 0.311 e. The summed E-state index contributed by atoms with van der Waals surface area (Å²) in [4.78, 5) is 23.9. The van der Waals surface area contributed by atoms with Crippen molar-refractivity contribution >= 4 is 17.6 Å². The molecule has 0 bridgehead atoms. The van der Waals surface area contributed by atoms with E-state index in [4.69, 9.17) is 0 Å². The summed E-state index contributed by atoms with van der Waals surface area (Å²) in [5.74, 6) is -0.932. The van der Waals surface area contributed by atoms with Gasteiger partial charge in [0.05, 0.1) is 5.41 Å². The molecule has 0 saturated heterocycles. The number of carbonyl (C=O) groups excluding carboxylic acids is 1.